The first-order chi connectivity index (χ1) is 8.11. The van der Waals surface area contributed by atoms with Gasteiger partial charge in [-0.05, 0) is 13.3 Å². The van der Waals surface area contributed by atoms with Crippen LogP contribution >= 0.6 is 0 Å². The number of rotatable bonds is 10. The topological polar surface area (TPSA) is 47.6 Å². The van der Waals surface area contributed by atoms with Crippen LogP contribution in [0.25, 0.3) is 0 Å². The maximum atomic E-state index is 11.6. The molecule has 0 aromatic rings. The van der Waals surface area contributed by atoms with E-state index in [4.69, 9.17) is 9.47 Å². The zero-order valence-corrected chi connectivity index (χ0v) is 11.6. The van der Waals surface area contributed by atoms with Crippen molar-refractivity contribution in [1.82, 2.24) is 5.32 Å². The van der Waals surface area contributed by atoms with Crippen LogP contribution in [0.1, 0.15) is 47.0 Å². The lowest BCUT2D eigenvalue weighted by Crippen LogP contribution is -2.45. The number of hydrogen-bond acceptors (Lipinski definition) is 4. The molecule has 0 heterocycles. The standard InChI is InChI=1S/C13H27NO3/c1-5-7-8-9-16-10-12(14-11(3)4)13(15)17-6-2/h11-12,14H,5-10H2,1-4H3. The summed E-state index contributed by atoms with van der Waals surface area (Å²) in [6.07, 6.45) is 3.39. The first-order valence-corrected chi connectivity index (χ1v) is 6.62. The summed E-state index contributed by atoms with van der Waals surface area (Å²) in [4.78, 5) is 11.6. The second-order valence-electron chi connectivity index (χ2n) is 4.41. The summed E-state index contributed by atoms with van der Waals surface area (Å²) in [6.45, 7) is 9.48. The van der Waals surface area contributed by atoms with Crippen molar-refractivity contribution >= 4 is 5.97 Å². The van der Waals surface area contributed by atoms with E-state index in [1.807, 2.05) is 20.8 Å². The molecule has 17 heavy (non-hydrogen) atoms. The highest BCUT2D eigenvalue weighted by atomic mass is 16.5. The lowest BCUT2D eigenvalue weighted by molar-refractivity contribution is -0.147. The zero-order valence-electron chi connectivity index (χ0n) is 11.6. The van der Waals surface area contributed by atoms with Gasteiger partial charge in [0.2, 0.25) is 0 Å². The maximum absolute atomic E-state index is 11.6. The van der Waals surface area contributed by atoms with Crippen LogP contribution in [0, 0.1) is 0 Å². The molecule has 0 fully saturated rings. The van der Waals surface area contributed by atoms with Crippen LogP contribution in [0.5, 0.6) is 0 Å². The van der Waals surface area contributed by atoms with Crippen LogP contribution in [-0.2, 0) is 14.3 Å². The van der Waals surface area contributed by atoms with E-state index >= 15 is 0 Å². The second-order valence-corrected chi connectivity index (χ2v) is 4.41. The smallest absolute Gasteiger partial charge is 0.325 e. The molecule has 4 nitrogen and oxygen atoms in total. The largest absolute Gasteiger partial charge is 0.465 e. The number of nitrogens with one attached hydrogen (secondary N) is 1. The van der Waals surface area contributed by atoms with Crippen molar-refractivity contribution in [3.63, 3.8) is 0 Å². The van der Waals surface area contributed by atoms with E-state index in [-0.39, 0.29) is 18.1 Å². The summed E-state index contributed by atoms with van der Waals surface area (Å²) in [7, 11) is 0. The number of unbranched alkanes of at least 4 members (excludes halogenated alkanes) is 2. The molecule has 4 heteroatoms. The van der Waals surface area contributed by atoms with Gasteiger partial charge < -0.3 is 14.8 Å². The van der Waals surface area contributed by atoms with Crippen molar-refractivity contribution < 1.29 is 14.3 Å². The highest BCUT2D eigenvalue weighted by Crippen LogP contribution is 1.98. The van der Waals surface area contributed by atoms with Crippen LogP contribution in [0.15, 0.2) is 0 Å². The Balaban J connectivity index is 3.89. The minimum atomic E-state index is -0.350. The fourth-order valence-electron chi connectivity index (χ4n) is 1.48. The monoisotopic (exact) mass is 245 g/mol. The minimum absolute atomic E-state index is 0.225. The SMILES string of the molecule is CCCCCOCC(NC(C)C)C(=O)OCC. The molecule has 0 spiro atoms. The average molecular weight is 245 g/mol. The summed E-state index contributed by atoms with van der Waals surface area (Å²) in [5.74, 6) is -0.225. The number of hydrogen-bond donors (Lipinski definition) is 1. The molecule has 0 aliphatic carbocycles. The summed E-state index contributed by atoms with van der Waals surface area (Å²) < 4.78 is 10.5. The summed E-state index contributed by atoms with van der Waals surface area (Å²) >= 11 is 0. The van der Waals surface area contributed by atoms with Crippen LogP contribution < -0.4 is 5.32 Å². The zero-order chi connectivity index (χ0) is 13.1. The quantitative estimate of drug-likeness (QED) is 0.473. The molecule has 0 saturated carbocycles. The Labute approximate surface area is 105 Å². The van der Waals surface area contributed by atoms with Gasteiger partial charge in [0.1, 0.15) is 6.04 Å². The molecule has 1 atom stereocenters. The molecule has 0 aromatic heterocycles. The first kappa shape index (κ1) is 16.4. The maximum Gasteiger partial charge on any atom is 0.325 e. The number of carbonyl (C=O) groups excluding carboxylic acids is 1. The van der Waals surface area contributed by atoms with Crippen molar-refractivity contribution in [2.24, 2.45) is 0 Å². The van der Waals surface area contributed by atoms with E-state index in [1.54, 1.807) is 0 Å². The third kappa shape index (κ3) is 9.12. The molecule has 0 saturated heterocycles. The van der Waals surface area contributed by atoms with Gasteiger partial charge in [0.25, 0.3) is 0 Å². The predicted octanol–water partition coefficient (Wildman–Crippen LogP) is 2.12. The van der Waals surface area contributed by atoms with E-state index in [9.17, 15) is 4.79 Å². The van der Waals surface area contributed by atoms with Crippen molar-refractivity contribution in [1.29, 1.82) is 0 Å². The Bertz CT molecular complexity index is 195. The van der Waals surface area contributed by atoms with Crippen LogP contribution in [0.3, 0.4) is 0 Å². The fraction of sp³-hybridized carbons (Fsp3) is 0.923. The summed E-state index contributed by atoms with van der Waals surface area (Å²) in [6, 6.07) is -0.111. The Morgan fingerprint density at radius 2 is 1.94 bits per heavy atom. The fourth-order valence-corrected chi connectivity index (χ4v) is 1.48. The summed E-state index contributed by atoms with van der Waals surface area (Å²) in [5, 5.41) is 3.16. The third-order valence-corrected chi connectivity index (χ3v) is 2.28. The van der Waals surface area contributed by atoms with Gasteiger partial charge in [-0.1, -0.05) is 33.6 Å². The van der Waals surface area contributed by atoms with E-state index < -0.39 is 0 Å². The molecule has 102 valence electrons. The van der Waals surface area contributed by atoms with Gasteiger partial charge >= 0.3 is 5.97 Å². The minimum Gasteiger partial charge on any atom is -0.465 e. The molecular weight excluding hydrogens is 218 g/mol. The Hall–Kier alpha value is -0.610. The first-order valence-electron chi connectivity index (χ1n) is 6.62. The normalized spacial score (nSPS) is 12.8. The number of esters is 1. The van der Waals surface area contributed by atoms with E-state index in [0.717, 1.165) is 6.42 Å². The second kappa shape index (κ2) is 10.5. The Kier molecular flexibility index (Phi) is 10.2. The third-order valence-electron chi connectivity index (χ3n) is 2.28. The average Bonchev–Trinajstić information content (AvgIpc) is 2.27. The number of carbonyl (C=O) groups is 1. The van der Waals surface area contributed by atoms with Gasteiger partial charge in [-0.25, -0.2) is 0 Å². The van der Waals surface area contributed by atoms with Crippen molar-refractivity contribution in [3.05, 3.63) is 0 Å². The van der Waals surface area contributed by atoms with E-state index in [1.165, 1.54) is 12.8 Å². The van der Waals surface area contributed by atoms with Crippen LogP contribution in [-0.4, -0.2) is 37.9 Å². The molecule has 0 bridgehead atoms. The molecule has 0 aliphatic heterocycles. The molecular formula is C13H27NO3. The lowest BCUT2D eigenvalue weighted by Gasteiger charge is -2.19. The Morgan fingerprint density at radius 3 is 2.47 bits per heavy atom. The molecule has 0 rings (SSSR count). The highest BCUT2D eigenvalue weighted by molar-refractivity contribution is 5.75. The van der Waals surface area contributed by atoms with Gasteiger partial charge in [0.15, 0.2) is 0 Å². The highest BCUT2D eigenvalue weighted by Gasteiger charge is 2.20. The molecule has 0 amide bonds. The van der Waals surface area contributed by atoms with Crippen LogP contribution in [0.2, 0.25) is 0 Å². The van der Waals surface area contributed by atoms with E-state index in [2.05, 4.69) is 12.2 Å². The summed E-state index contributed by atoms with van der Waals surface area (Å²) in [5.41, 5.74) is 0. The van der Waals surface area contributed by atoms with Gasteiger partial charge in [0, 0.05) is 12.6 Å². The molecule has 0 aromatic carbocycles. The molecule has 1 unspecified atom stereocenters. The van der Waals surface area contributed by atoms with Crippen molar-refractivity contribution in [2.45, 2.75) is 59.0 Å². The number of ether oxygens (including phenoxy) is 2. The van der Waals surface area contributed by atoms with Crippen molar-refractivity contribution in [3.8, 4) is 0 Å². The van der Waals surface area contributed by atoms with Gasteiger partial charge in [-0.2, -0.15) is 0 Å². The van der Waals surface area contributed by atoms with Gasteiger partial charge in [0.05, 0.1) is 13.2 Å². The van der Waals surface area contributed by atoms with Crippen molar-refractivity contribution in [2.75, 3.05) is 19.8 Å². The predicted molar refractivity (Wildman–Crippen MR) is 69.0 cm³/mol. The molecule has 1 N–H and O–H groups in total. The lowest BCUT2D eigenvalue weighted by atomic mass is 10.2. The van der Waals surface area contributed by atoms with E-state index in [0.29, 0.717) is 19.8 Å². The van der Waals surface area contributed by atoms with Crippen LogP contribution in [0.4, 0.5) is 0 Å². The van der Waals surface area contributed by atoms with Gasteiger partial charge in [-0.15, -0.1) is 0 Å². The molecule has 0 aliphatic rings. The Morgan fingerprint density at radius 1 is 1.24 bits per heavy atom. The van der Waals surface area contributed by atoms with Gasteiger partial charge in [-0.3, -0.25) is 4.79 Å². The molecule has 0 radical (unpaired) electrons.